The lowest BCUT2D eigenvalue weighted by atomic mass is 9.82. The molecule has 0 fully saturated rings. The fraction of sp³-hybridized carbons (Fsp3) is 0.211. The molecule has 0 saturated heterocycles. The number of aldehydes is 1. The van der Waals surface area contributed by atoms with E-state index in [0.717, 1.165) is 12.1 Å². The molecule has 1 unspecified atom stereocenters. The number of rotatable bonds is 6. The van der Waals surface area contributed by atoms with Crippen LogP contribution in [0.1, 0.15) is 47.7 Å². The lowest BCUT2D eigenvalue weighted by molar-refractivity contribution is -0.142. The van der Waals surface area contributed by atoms with Crippen LogP contribution in [-0.2, 0) is 19.1 Å². The van der Waals surface area contributed by atoms with Gasteiger partial charge in [0.1, 0.15) is 29.8 Å². The topological polar surface area (TPSA) is 186 Å². The maximum Gasteiger partial charge on any atom is 0.340 e. The van der Waals surface area contributed by atoms with Gasteiger partial charge in [-0.15, -0.1) is 0 Å². The van der Waals surface area contributed by atoms with E-state index in [2.05, 4.69) is 4.74 Å². The predicted octanol–water partition coefficient (Wildman–Crippen LogP) is 6.59. The summed E-state index contributed by atoms with van der Waals surface area (Å²) in [5.41, 5.74) is 5.86. The van der Waals surface area contributed by atoms with Gasteiger partial charge in [0.2, 0.25) is 19.5 Å². The highest BCUT2D eigenvalue weighted by molar-refractivity contribution is 5.93. The Morgan fingerprint density at radius 1 is 0.789 bits per heavy atom. The Morgan fingerprint density at radius 2 is 1.32 bits per heavy atom. The number of phenolic OH excluding ortho intramolecular Hbond substituents is 1. The first-order chi connectivity index (χ1) is 27.2. The number of carbonyl (C=O) groups excluding carboxylic acids is 3. The molecule has 4 aromatic carbocycles. The number of benzene rings is 4. The van der Waals surface area contributed by atoms with E-state index in [4.69, 9.17) is 44.5 Å². The molecule has 0 bridgehead atoms. The molecule has 0 saturated carbocycles. The van der Waals surface area contributed by atoms with Gasteiger partial charge in [0, 0.05) is 23.3 Å². The summed E-state index contributed by atoms with van der Waals surface area (Å²) in [6, 6.07) is 12.3. The molecule has 300 valence electrons. The summed E-state index contributed by atoms with van der Waals surface area (Å²) in [7, 11) is 0. The second-order valence-electron chi connectivity index (χ2n) is 11.2. The summed E-state index contributed by atoms with van der Waals surface area (Å²) in [4.78, 5) is 32.7. The number of aromatic hydroxyl groups is 1. The van der Waals surface area contributed by atoms with Crippen molar-refractivity contribution >= 4 is 18.2 Å². The van der Waals surface area contributed by atoms with E-state index in [9.17, 15) is 40.7 Å². The summed E-state index contributed by atoms with van der Waals surface area (Å²) in [6.45, 7) is 3.92. The number of nitriles is 1. The molecule has 1 atom stereocenters. The van der Waals surface area contributed by atoms with E-state index in [1.54, 1.807) is 32.0 Å². The van der Waals surface area contributed by atoms with Crippen molar-refractivity contribution in [2.75, 3.05) is 26.8 Å². The van der Waals surface area contributed by atoms with Gasteiger partial charge in [0.25, 0.3) is 0 Å². The summed E-state index contributed by atoms with van der Waals surface area (Å²) < 4.78 is 114. The molecule has 0 aliphatic carbocycles. The molecular weight excluding hydrogens is 774 g/mol. The Balaban J connectivity index is 0.000000202. The van der Waals surface area contributed by atoms with Crippen molar-refractivity contribution in [3.63, 3.8) is 0 Å². The lowest BCUT2D eigenvalue weighted by Gasteiger charge is -2.28. The molecule has 0 spiro atoms. The first kappa shape index (κ1) is 42.6. The number of nitrogens with zero attached hydrogens (tertiary/aromatic N) is 1. The van der Waals surface area contributed by atoms with Crippen LogP contribution >= 0.6 is 0 Å². The molecule has 13 nitrogen and oxygen atoms in total. The average Bonchev–Trinajstić information content (AvgIpc) is 3.84. The van der Waals surface area contributed by atoms with Crippen molar-refractivity contribution in [3.8, 4) is 40.6 Å². The monoisotopic (exact) mass is 804 g/mol. The quantitative estimate of drug-likeness (QED) is 0.0921. The van der Waals surface area contributed by atoms with Crippen LogP contribution in [-0.4, -0.2) is 50.1 Å². The maximum atomic E-state index is 13.9. The van der Waals surface area contributed by atoms with Crippen molar-refractivity contribution in [1.29, 1.82) is 5.26 Å². The number of ether oxygens (including phenoxy) is 7. The highest BCUT2D eigenvalue weighted by Crippen LogP contribution is 2.48. The van der Waals surface area contributed by atoms with Gasteiger partial charge in [0.05, 0.1) is 25.2 Å². The number of carbonyl (C=O) groups is 3. The summed E-state index contributed by atoms with van der Waals surface area (Å²) >= 11 is 0. The number of hydrogen-bond acceptors (Lipinski definition) is 13. The molecule has 57 heavy (non-hydrogen) atoms. The van der Waals surface area contributed by atoms with Crippen LogP contribution in [0.3, 0.4) is 0 Å². The Bertz CT molecular complexity index is 2180. The summed E-state index contributed by atoms with van der Waals surface area (Å²) in [6.07, 6.45) is 0.0967. The first-order valence-electron chi connectivity index (χ1n) is 16.4. The fourth-order valence-electron chi connectivity index (χ4n) is 5.04. The average molecular weight is 805 g/mol. The number of nitrogens with two attached hydrogens (primary N) is 1. The molecule has 3 heterocycles. The van der Waals surface area contributed by atoms with Crippen LogP contribution in [0.4, 0.5) is 26.3 Å². The normalized spacial score (nSPS) is 13.8. The number of phenols is 1. The van der Waals surface area contributed by atoms with Gasteiger partial charge in [-0.3, -0.25) is 9.59 Å². The molecule has 3 N–H and O–H groups in total. The van der Waals surface area contributed by atoms with Crippen LogP contribution in [0.5, 0.6) is 34.5 Å². The van der Waals surface area contributed by atoms with Crippen molar-refractivity contribution in [2.24, 2.45) is 5.73 Å². The van der Waals surface area contributed by atoms with Gasteiger partial charge >= 0.3 is 11.9 Å². The minimum absolute atomic E-state index is 0.0175. The Morgan fingerprint density at radius 3 is 1.86 bits per heavy atom. The van der Waals surface area contributed by atoms with Gasteiger partial charge < -0.3 is 44.0 Å². The van der Waals surface area contributed by atoms with Gasteiger partial charge in [-0.1, -0.05) is 0 Å². The van der Waals surface area contributed by atoms with E-state index in [-0.39, 0.29) is 67.0 Å². The molecule has 0 radical (unpaired) electrons. The molecule has 3 aliphatic rings. The third-order valence-corrected chi connectivity index (χ3v) is 7.45. The molecule has 3 aliphatic heterocycles. The number of halogens is 6. The minimum atomic E-state index is -1.61. The standard InChI is InChI=1S/C19H14F3NO5.C7H3F3O.C7H6O3.C5H7NO2/c1-2-25-19(24)16-15(8-3-10(20)17(22)11(21)4-8)9-5-13-14(27-7-26-13)6-12(9)28-18(16)23;8-5-1-4(3-11)2-6(9)7(5)10;8-5-1-2-6-7(3-5)10-4-9-6;1-2-8-5(7)3-4-6/h3-6,15H,2,7,23H2,1H3;1-3H;1-3,8H,4H2;2-3H2,1H3. The highest BCUT2D eigenvalue weighted by Gasteiger charge is 2.38. The molecular formula is C38H30F6N2O11. The second-order valence-corrected chi connectivity index (χ2v) is 11.2. The first-order valence-corrected chi connectivity index (χ1v) is 16.4. The van der Waals surface area contributed by atoms with E-state index in [0.29, 0.717) is 47.3 Å². The number of hydrogen-bond donors (Lipinski definition) is 2. The smallest absolute Gasteiger partial charge is 0.340 e. The van der Waals surface area contributed by atoms with Gasteiger partial charge in [-0.05, 0) is 61.9 Å². The zero-order valence-corrected chi connectivity index (χ0v) is 29.7. The van der Waals surface area contributed by atoms with Crippen LogP contribution in [0.25, 0.3) is 0 Å². The van der Waals surface area contributed by atoms with Gasteiger partial charge in [-0.2, -0.15) is 5.26 Å². The molecule has 0 amide bonds. The van der Waals surface area contributed by atoms with E-state index in [1.165, 1.54) is 18.2 Å². The van der Waals surface area contributed by atoms with Crippen LogP contribution in [0.2, 0.25) is 0 Å². The zero-order valence-electron chi connectivity index (χ0n) is 29.7. The van der Waals surface area contributed by atoms with Crippen molar-refractivity contribution in [1.82, 2.24) is 0 Å². The van der Waals surface area contributed by atoms with Crippen LogP contribution in [0, 0.1) is 46.2 Å². The molecule has 7 rings (SSSR count). The minimum Gasteiger partial charge on any atom is -0.508 e. The Labute approximate surface area is 319 Å². The van der Waals surface area contributed by atoms with Gasteiger partial charge in [0.15, 0.2) is 57.9 Å². The van der Waals surface area contributed by atoms with Crippen LogP contribution in [0.15, 0.2) is 66.1 Å². The molecule has 19 heteroatoms. The second kappa shape index (κ2) is 19.5. The van der Waals surface area contributed by atoms with Crippen molar-refractivity contribution < 1.29 is 79.0 Å². The van der Waals surface area contributed by atoms with Crippen LogP contribution < -0.4 is 29.4 Å². The van der Waals surface area contributed by atoms with E-state index in [1.807, 2.05) is 0 Å². The summed E-state index contributed by atoms with van der Waals surface area (Å²) in [5.74, 6) is -8.84. The largest absolute Gasteiger partial charge is 0.508 e. The van der Waals surface area contributed by atoms with Crippen molar-refractivity contribution in [2.45, 2.75) is 26.2 Å². The SMILES string of the molecule is CCOC(=O)C1=C(N)Oc2cc3c(cc2C1c1cc(F)c(F)c(F)c1)OCO3.CCOC(=O)CC#N.O=Cc1cc(F)c(F)c(F)c1.Oc1ccc2c(c1)OCO2. The lowest BCUT2D eigenvalue weighted by Crippen LogP contribution is -2.27. The fourth-order valence-corrected chi connectivity index (χ4v) is 5.04. The number of esters is 2. The molecule has 4 aromatic rings. The third kappa shape index (κ3) is 10.6. The predicted molar refractivity (Wildman–Crippen MR) is 182 cm³/mol. The van der Waals surface area contributed by atoms with Gasteiger partial charge in [-0.25, -0.2) is 31.1 Å². The molecule has 0 aromatic heterocycles. The Hall–Kier alpha value is -7.10. The zero-order chi connectivity index (χ0) is 41.8. The number of fused-ring (bicyclic) bond motifs is 3. The van der Waals surface area contributed by atoms with E-state index >= 15 is 0 Å². The third-order valence-electron chi connectivity index (χ3n) is 7.45. The summed E-state index contributed by atoms with van der Waals surface area (Å²) in [5, 5.41) is 16.9. The van der Waals surface area contributed by atoms with Crippen molar-refractivity contribution in [3.05, 3.63) is 118 Å². The highest BCUT2D eigenvalue weighted by atomic mass is 19.2. The van der Waals surface area contributed by atoms with E-state index < -0.39 is 52.8 Å². The maximum absolute atomic E-state index is 13.9. The Kier molecular flexibility index (Phi) is 14.6.